The molecule has 0 atom stereocenters. The van der Waals surface area contributed by atoms with E-state index >= 15 is 0 Å². The molecule has 1 amide bonds. The fourth-order valence-corrected chi connectivity index (χ4v) is 1.98. The van der Waals surface area contributed by atoms with Gasteiger partial charge in [-0.2, -0.15) is 0 Å². The minimum absolute atomic E-state index is 0.273. The number of ether oxygens (including phenoxy) is 1. The van der Waals surface area contributed by atoms with Gasteiger partial charge in [-0.3, -0.25) is 4.79 Å². The molecule has 2 aromatic rings. The van der Waals surface area contributed by atoms with Crippen molar-refractivity contribution in [1.82, 2.24) is 0 Å². The van der Waals surface area contributed by atoms with Gasteiger partial charge in [-0.1, -0.05) is 11.6 Å². The molecule has 0 aliphatic heterocycles. The molecule has 0 saturated carbocycles. The van der Waals surface area contributed by atoms with Gasteiger partial charge in [0.25, 0.3) is 5.91 Å². The van der Waals surface area contributed by atoms with Crippen LogP contribution in [0.4, 0.5) is 20.2 Å². The van der Waals surface area contributed by atoms with Crippen molar-refractivity contribution < 1.29 is 18.3 Å². The van der Waals surface area contributed by atoms with Gasteiger partial charge in [0.15, 0.2) is 5.82 Å². The summed E-state index contributed by atoms with van der Waals surface area (Å²) in [5.41, 5.74) is 4.67. The number of hydrogen-bond donors (Lipinski definition) is 2. The summed E-state index contributed by atoms with van der Waals surface area (Å²) < 4.78 is 31.9. The van der Waals surface area contributed by atoms with Gasteiger partial charge in [0, 0.05) is 5.69 Å². The van der Waals surface area contributed by atoms with Gasteiger partial charge in [0.1, 0.15) is 11.6 Å². The average molecular weight is 313 g/mol. The maximum absolute atomic E-state index is 13.7. The number of amides is 1. The summed E-state index contributed by atoms with van der Waals surface area (Å²) in [5.74, 6) is -2.18. The van der Waals surface area contributed by atoms with Crippen molar-refractivity contribution in [1.29, 1.82) is 0 Å². The lowest BCUT2D eigenvalue weighted by Crippen LogP contribution is -2.15. The Hall–Kier alpha value is -2.34. The van der Waals surface area contributed by atoms with Gasteiger partial charge in [0.05, 0.1) is 23.4 Å². The second-order valence-corrected chi connectivity index (χ2v) is 4.57. The third-order valence-corrected chi connectivity index (χ3v) is 3.02. The summed E-state index contributed by atoms with van der Waals surface area (Å²) >= 11 is 5.91. The monoisotopic (exact) mass is 312 g/mol. The molecule has 3 N–H and O–H groups in total. The number of rotatable bonds is 3. The van der Waals surface area contributed by atoms with E-state index in [1.54, 1.807) is 0 Å². The number of hydrogen-bond acceptors (Lipinski definition) is 3. The van der Waals surface area contributed by atoms with E-state index in [0.29, 0.717) is 11.4 Å². The molecule has 0 aromatic heterocycles. The molecule has 0 unspecified atom stereocenters. The van der Waals surface area contributed by atoms with Gasteiger partial charge < -0.3 is 15.8 Å². The average Bonchev–Trinajstić information content (AvgIpc) is 2.43. The number of carbonyl (C=O) groups excluding carboxylic acids is 1. The highest BCUT2D eigenvalue weighted by molar-refractivity contribution is 6.32. The molecule has 0 aliphatic carbocycles. The molecule has 21 heavy (non-hydrogen) atoms. The standard InChI is InChI=1S/C14H11ClF2N2O2/c1-21-12-3-2-8(6-10(12)15)19-14(20)9-4-7(16)5-11(18)13(9)17/h2-6H,18H2,1H3,(H,19,20). The van der Waals surface area contributed by atoms with Crippen molar-refractivity contribution in [3.8, 4) is 5.75 Å². The Labute approximate surface area is 124 Å². The van der Waals surface area contributed by atoms with Crippen molar-refractivity contribution in [3.63, 3.8) is 0 Å². The molecule has 0 fully saturated rings. The molecule has 4 nitrogen and oxygen atoms in total. The third kappa shape index (κ3) is 3.22. The zero-order valence-corrected chi connectivity index (χ0v) is 11.7. The Morgan fingerprint density at radius 1 is 1.29 bits per heavy atom. The van der Waals surface area contributed by atoms with Crippen LogP contribution in [-0.4, -0.2) is 13.0 Å². The zero-order valence-electron chi connectivity index (χ0n) is 10.9. The van der Waals surface area contributed by atoms with Crippen LogP contribution in [-0.2, 0) is 0 Å². The number of methoxy groups -OCH3 is 1. The normalized spacial score (nSPS) is 10.3. The summed E-state index contributed by atoms with van der Waals surface area (Å²) in [6, 6.07) is 6.05. The van der Waals surface area contributed by atoms with Crippen LogP contribution < -0.4 is 15.8 Å². The van der Waals surface area contributed by atoms with Gasteiger partial charge in [-0.05, 0) is 30.3 Å². The van der Waals surface area contributed by atoms with E-state index in [4.69, 9.17) is 22.1 Å². The Morgan fingerprint density at radius 3 is 2.62 bits per heavy atom. The van der Waals surface area contributed by atoms with E-state index in [0.717, 1.165) is 12.1 Å². The number of nitrogen functional groups attached to an aromatic ring is 1. The smallest absolute Gasteiger partial charge is 0.258 e. The first-order valence-corrected chi connectivity index (χ1v) is 6.19. The molecule has 0 saturated heterocycles. The molecule has 0 aliphatic rings. The Balaban J connectivity index is 2.28. The van der Waals surface area contributed by atoms with Gasteiger partial charge >= 0.3 is 0 Å². The van der Waals surface area contributed by atoms with Gasteiger partial charge in [-0.25, -0.2) is 8.78 Å². The highest BCUT2D eigenvalue weighted by Crippen LogP contribution is 2.27. The minimum atomic E-state index is -0.978. The van der Waals surface area contributed by atoms with E-state index in [2.05, 4.69) is 5.32 Å². The predicted molar refractivity (Wildman–Crippen MR) is 76.7 cm³/mol. The maximum Gasteiger partial charge on any atom is 0.258 e. The number of halogens is 3. The summed E-state index contributed by atoms with van der Waals surface area (Å²) in [5, 5.41) is 2.68. The SMILES string of the molecule is COc1ccc(NC(=O)c2cc(F)cc(N)c2F)cc1Cl. The number of benzene rings is 2. The summed E-state index contributed by atoms with van der Waals surface area (Å²) in [6.45, 7) is 0. The Bertz CT molecular complexity index is 708. The highest BCUT2D eigenvalue weighted by atomic mass is 35.5. The summed E-state index contributed by atoms with van der Waals surface area (Å²) in [6.07, 6.45) is 0. The van der Waals surface area contributed by atoms with E-state index in [1.807, 2.05) is 0 Å². The fraction of sp³-hybridized carbons (Fsp3) is 0.0714. The first kappa shape index (κ1) is 15.1. The predicted octanol–water partition coefficient (Wildman–Crippen LogP) is 3.46. The van der Waals surface area contributed by atoms with Crippen LogP contribution >= 0.6 is 11.6 Å². The first-order valence-electron chi connectivity index (χ1n) is 5.81. The number of nitrogens with one attached hydrogen (secondary N) is 1. The molecular formula is C14H11ClF2N2O2. The molecule has 0 bridgehead atoms. The molecule has 2 aromatic carbocycles. The van der Waals surface area contributed by atoms with E-state index in [-0.39, 0.29) is 5.02 Å². The number of nitrogens with two attached hydrogens (primary N) is 1. The van der Waals surface area contributed by atoms with Gasteiger partial charge in [-0.15, -0.1) is 0 Å². The number of anilines is 2. The van der Waals surface area contributed by atoms with Crippen LogP contribution in [0.15, 0.2) is 30.3 Å². The molecule has 2 rings (SSSR count). The van der Waals surface area contributed by atoms with E-state index in [1.165, 1.54) is 25.3 Å². The molecule has 110 valence electrons. The van der Waals surface area contributed by atoms with Crippen LogP contribution in [0.3, 0.4) is 0 Å². The third-order valence-electron chi connectivity index (χ3n) is 2.72. The molecule has 0 heterocycles. The van der Waals surface area contributed by atoms with Crippen LogP contribution in [0.2, 0.25) is 5.02 Å². The van der Waals surface area contributed by atoms with Crippen molar-refractivity contribution >= 4 is 28.9 Å². The molecule has 0 spiro atoms. The van der Waals surface area contributed by atoms with Crippen molar-refractivity contribution in [2.75, 3.05) is 18.2 Å². The van der Waals surface area contributed by atoms with Gasteiger partial charge in [0.2, 0.25) is 0 Å². The molecule has 7 heteroatoms. The zero-order chi connectivity index (χ0) is 15.6. The van der Waals surface area contributed by atoms with E-state index in [9.17, 15) is 13.6 Å². The van der Waals surface area contributed by atoms with Crippen molar-refractivity contribution in [2.24, 2.45) is 0 Å². The Morgan fingerprint density at radius 2 is 2.00 bits per heavy atom. The van der Waals surface area contributed by atoms with Crippen molar-refractivity contribution in [3.05, 3.63) is 52.6 Å². The highest BCUT2D eigenvalue weighted by Gasteiger charge is 2.16. The molecular weight excluding hydrogens is 302 g/mol. The largest absolute Gasteiger partial charge is 0.495 e. The number of carbonyl (C=O) groups is 1. The maximum atomic E-state index is 13.7. The lowest BCUT2D eigenvalue weighted by molar-refractivity contribution is 0.102. The van der Waals surface area contributed by atoms with Crippen LogP contribution in [0, 0.1) is 11.6 Å². The van der Waals surface area contributed by atoms with E-state index < -0.39 is 28.8 Å². The topological polar surface area (TPSA) is 64.3 Å². The first-order chi connectivity index (χ1) is 9.92. The second kappa shape index (κ2) is 5.97. The van der Waals surface area contributed by atoms with Crippen LogP contribution in [0.5, 0.6) is 5.75 Å². The minimum Gasteiger partial charge on any atom is -0.495 e. The van der Waals surface area contributed by atoms with Crippen LogP contribution in [0.25, 0.3) is 0 Å². The second-order valence-electron chi connectivity index (χ2n) is 4.16. The fourth-order valence-electron chi connectivity index (χ4n) is 1.72. The lowest BCUT2D eigenvalue weighted by atomic mass is 10.1. The summed E-state index contributed by atoms with van der Waals surface area (Å²) in [4.78, 5) is 12.0. The molecule has 0 radical (unpaired) electrons. The van der Waals surface area contributed by atoms with Crippen molar-refractivity contribution in [2.45, 2.75) is 0 Å². The van der Waals surface area contributed by atoms with Crippen LogP contribution in [0.1, 0.15) is 10.4 Å². The lowest BCUT2D eigenvalue weighted by Gasteiger charge is -2.09. The Kier molecular flexibility index (Phi) is 4.28. The summed E-state index contributed by atoms with van der Waals surface area (Å²) in [7, 11) is 1.45. The quantitative estimate of drug-likeness (QED) is 0.853.